The maximum absolute atomic E-state index is 9.55. The molecule has 8 heteroatoms. The van der Waals surface area contributed by atoms with Gasteiger partial charge in [0.05, 0.1) is 0 Å². The predicted molar refractivity (Wildman–Crippen MR) is 68.3 cm³/mol. The third kappa shape index (κ3) is 24.0. The number of carboxylic acid groups (broad SMARTS) is 2. The molecule has 0 aliphatic carbocycles. The van der Waals surface area contributed by atoms with Crippen molar-refractivity contribution in [3.8, 4) is 0 Å². The Kier molecular flexibility index (Phi) is 16.3. The number of hydrogen-bond acceptors (Lipinski definition) is 6. The molecule has 0 saturated heterocycles. The average molecular weight is 262 g/mol. The maximum Gasteiger partial charge on any atom is 0.328 e. The molecule has 8 N–H and O–H groups in total. The second kappa shape index (κ2) is 15.5. The number of nitrogens with two attached hydrogens (primary N) is 2. The molecule has 0 atom stereocenters. The smallest absolute Gasteiger partial charge is 0.328 e. The minimum absolute atomic E-state index is 0.558. The second-order valence-corrected chi connectivity index (χ2v) is 3.09. The molecule has 0 bridgehead atoms. The predicted octanol–water partition coefficient (Wildman–Crippen LogP) is -2.21. The van der Waals surface area contributed by atoms with Crippen molar-refractivity contribution in [2.45, 2.75) is 0 Å². The van der Waals surface area contributed by atoms with Crippen LogP contribution in [0.15, 0.2) is 12.2 Å². The number of nitrogens with one attached hydrogen (secondary N) is 2. The summed E-state index contributed by atoms with van der Waals surface area (Å²) in [4.78, 5) is 19.1. The van der Waals surface area contributed by atoms with Gasteiger partial charge < -0.3 is 32.3 Å². The lowest BCUT2D eigenvalue weighted by Gasteiger charge is -2.03. The van der Waals surface area contributed by atoms with Crippen LogP contribution in [0.3, 0.4) is 0 Å². The number of hydrogen-bond donors (Lipinski definition) is 6. The van der Waals surface area contributed by atoms with Gasteiger partial charge in [0.2, 0.25) is 0 Å². The minimum atomic E-state index is -1.26. The monoisotopic (exact) mass is 262 g/mol. The standard InChI is InChI=1S/C6H18N4.C4H4O4/c7-1-3-9-5-6-10-4-2-8;5-3(6)1-2-4(7)8/h9-10H,1-8H2;1-2H,(H,5,6)(H,7,8)/b;2-1+. The van der Waals surface area contributed by atoms with Crippen LogP contribution in [0.25, 0.3) is 0 Å². The van der Waals surface area contributed by atoms with Crippen molar-refractivity contribution in [3.63, 3.8) is 0 Å². The molecule has 0 heterocycles. The van der Waals surface area contributed by atoms with Gasteiger partial charge in [-0.1, -0.05) is 0 Å². The Balaban J connectivity index is 0. The summed E-state index contributed by atoms with van der Waals surface area (Å²) in [5.74, 6) is -2.51. The van der Waals surface area contributed by atoms with Gasteiger partial charge in [-0.15, -0.1) is 0 Å². The highest BCUT2D eigenvalue weighted by Gasteiger charge is 1.88. The lowest BCUT2D eigenvalue weighted by molar-refractivity contribution is -0.134. The van der Waals surface area contributed by atoms with Crippen LogP contribution in [0, 0.1) is 0 Å². The number of carboxylic acids is 2. The van der Waals surface area contributed by atoms with Gasteiger partial charge >= 0.3 is 11.9 Å². The van der Waals surface area contributed by atoms with E-state index in [9.17, 15) is 9.59 Å². The van der Waals surface area contributed by atoms with Crippen LogP contribution in [0.5, 0.6) is 0 Å². The van der Waals surface area contributed by atoms with Gasteiger partial charge in [0.1, 0.15) is 0 Å². The van der Waals surface area contributed by atoms with Crippen LogP contribution < -0.4 is 22.1 Å². The quantitative estimate of drug-likeness (QED) is 0.202. The minimum Gasteiger partial charge on any atom is -0.478 e. The molecule has 0 amide bonds. The Morgan fingerprint density at radius 2 is 1.17 bits per heavy atom. The van der Waals surface area contributed by atoms with E-state index < -0.39 is 11.9 Å². The number of rotatable bonds is 9. The van der Waals surface area contributed by atoms with Gasteiger partial charge in [-0.05, 0) is 0 Å². The van der Waals surface area contributed by atoms with E-state index >= 15 is 0 Å². The van der Waals surface area contributed by atoms with Crippen molar-refractivity contribution >= 4 is 11.9 Å². The van der Waals surface area contributed by atoms with Crippen molar-refractivity contribution in [2.24, 2.45) is 11.5 Å². The molecule has 0 spiro atoms. The van der Waals surface area contributed by atoms with E-state index in [1.54, 1.807) is 0 Å². The summed E-state index contributed by atoms with van der Waals surface area (Å²) in [6.07, 6.45) is 1.12. The van der Waals surface area contributed by atoms with E-state index in [1.807, 2.05) is 0 Å². The first kappa shape index (κ1) is 18.9. The fraction of sp³-hybridized carbons (Fsp3) is 0.600. The molecule has 0 aromatic rings. The fourth-order valence-corrected chi connectivity index (χ4v) is 0.773. The molecule has 0 aliphatic heterocycles. The number of aliphatic carboxylic acids is 2. The molecule has 0 saturated carbocycles. The first-order chi connectivity index (χ1) is 8.54. The summed E-state index contributed by atoms with van der Waals surface area (Å²) in [7, 11) is 0. The number of carbonyl (C=O) groups is 2. The molecule has 106 valence electrons. The molecule has 0 aliphatic rings. The lowest BCUT2D eigenvalue weighted by atomic mass is 10.5. The molecule has 0 fully saturated rings. The van der Waals surface area contributed by atoms with Gasteiger partial charge in [0, 0.05) is 51.4 Å². The summed E-state index contributed by atoms with van der Waals surface area (Å²) in [6.45, 7) is 5.14. The largest absolute Gasteiger partial charge is 0.478 e. The van der Waals surface area contributed by atoms with Crippen LogP contribution in [-0.2, 0) is 9.59 Å². The van der Waals surface area contributed by atoms with Crippen LogP contribution in [0.4, 0.5) is 0 Å². The summed E-state index contributed by atoms with van der Waals surface area (Å²) in [5, 5.41) is 22.0. The van der Waals surface area contributed by atoms with E-state index in [1.165, 1.54) is 0 Å². The topological polar surface area (TPSA) is 151 Å². The SMILES string of the molecule is NCCNCCNCCN.O=C(O)/C=C/C(=O)O. The van der Waals surface area contributed by atoms with Gasteiger partial charge in [0.15, 0.2) is 0 Å². The van der Waals surface area contributed by atoms with Gasteiger partial charge in [-0.2, -0.15) is 0 Å². The highest BCUT2D eigenvalue weighted by atomic mass is 16.4. The van der Waals surface area contributed by atoms with Crippen LogP contribution in [0.2, 0.25) is 0 Å². The molecule has 0 aromatic carbocycles. The molecule has 0 rings (SSSR count). The summed E-state index contributed by atoms with van der Waals surface area (Å²) >= 11 is 0. The highest BCUT2D eigenvalue weighted by Crippen LogP contribution is 1.70. The normalized spacial score (nSPS) is 9.89. The van der Waals surface area contributed by atoms with Gasteiger partial charge in [-0.3, -0.25) is 0 Å². The molecular weight excluding hydrogens is 240 g/mol. The molecule has 0 unspecified atom stereocenters. The third-order valence-electron chi connectivity index (χ3n) is 1.49. The molecule has 18 heavy (non-hydrogen) atoms. The van der Waals surface area contributed by atoms with E-state index in [2.05, 4.69) is 10.6 Å². The maximum atomic E-state index is 9.55. The van der Waals surface area contributed by atoms with Crippen molar-refractivity contribution in [1.29, 1.82) is 0 Å². The zero-order valence-corrected chi connectivity index (χ0v) is 10.3. The van der Waals surface area contributed by atoms with Crippen molar-refractivity contribution < 1.29 is 19.8 Å². The van der Waals surface area contributed by atoms with E-state index in [4.69, 9.17) is 21.7 Å². The van der Waals surface area contributed by atoms with E-state index in [0.717, 1.165) is 26.2 Å². The Morgan fingerprint density at radius 3 is 1.39 bits per heavy atom. The Morgan fingerprint density at radius 1 is 0.833 bits per heavy atom. The Labute approximate surface area is 106 Å². The van der Waals surface area contributed by atoms with Gasteiger partial charge in [-0.25, -0.2) is 9.59 Å². The summed E-state index contributed by atoms with van der Waals surface area (Å²) in [6, 6.07) is 0. The summed E-state index contributed by atoms with van der Waals surface area (Å²) in [5.41, 5.74) is 10.5. The Bertz CT molecular complexity index is 222. The van der Waals surface area contributed by atoms with Gasteiger partial charge in [0.25, 0.3) is 0 Å². The lowest BCUT2D eigenvalue weighted by Crippen LogP contribution is -2.32. The van der Waals surface area contributed by atoms with Crippen molar-refractivity contribution in [1.82, 2.24) is 10.6 Å². The van der Waals surface area contributed by atoms with E-state index in [-0.39, 0.29) is 0 Å². The second-order valence-electron chi connectivity index (χ2n) is 3.09. The zero-order valence-electron chi connectivity index (χ0n) is 10.3. The molecule has 8 nitrogen and oxygen atoms in total. The third-order valence-corrected chi connectivity index (χ3v) is 1.49. The van der Waals surface area contributed by atoms with Crippen LogP contribution >= 0.6 is 0 Å². The van der Waals surface area contributed by atoms with E-state index in [0.29, 0.717) is 25.2 Å². The first-order valence-electron chi connectivity index (χ1n) is 5.50. The first-order valence-corrected chi connectivity index (χ1v) is 5.50. The van der Waals surface area contributed by atoms with Crippen molar-refractivity contribution in [3.05, 3.63) is 12.2 Å². The average Bonchev–Trinajstić information content (AvgIpc) is 2.32. The molecule has 0 aromatic heterocycles. The van der Waals surface area contributed by atoms with Crippen LogP contribution in [-0.4, -0.2) is 61.4 Å². The molecule has 0 radical (unpaired) electrons. The molecular formula is C10H22N4O4. The van der Waals surface area contributed by atoms with Crippen molar-refractivity contribution in [2.75, 3.05) is 39.3 Å². The zero-order chi connectivity index (χ0) is 14.2. The Hall–Kier alpha value is -1.48. The summed E-state index contributed by atoms with van der Waals surface area (Å²) < 4.78 is 0. The highest BCUT2D eigenvalue weighted by molar-refractivity contribution is 5.89. The van der Waals surface area contributed by atoms with Crippen LogP contribution in [0.1, 0.15) is 0 Å². The fourth-order valence-electron chi connectivity index (χ4n) is 0.773.